The minimum atomic E-state index is -0.304. The van der Waals surface area contributed by atoms with Gasteiger partial charge >= 0.3 is 0 Å². The second kappa shape index (κ2) is 8.16. The van der Waals surface area contributed by atoms with Crippen molar-refractivity contribution < 1.29 is 10.0 Å². The van der Waals surface area contributed by atoms with E-state index in [1.807, 2.05) is 25.1 Å². The van der Waals surface area contributed by atoms with E-state index in [1.54, 1.807) is 13.0 Å². The minimum absolute atomic E-state index is 0.0341. The molecule has 1 unspecified atom stereocenters. The van der Waals surface area contributed by atoms with Gasteiger partial charge in [-0.3, -0.25) is 4.79 Å². The molecule has 5 N–H and O–H groups in total. The molecule has 0 aliphatic rings. The number of nitrogens with one attached hydrogen (secondary N) is 2. The number of benzene rings is 1. The van der Waals surface area contributed by atoms with Crippen LogP contribution in [-0.4, -0.2) is 29.5 Å². The second-order valence-corrected chi connectivity index (χ2v) is 4.54. The Balaban J connectivity index is 2.64. The third-order valence-corrected chi connectivity index (χ3v) is 2.94. The van der Waals surface area contributed by atoms with Gasteiger partial charge in [-0.2, -0.15) is 0 Å². The molecular formula is C14H22N4O2. The molecule has 0 aliphatic heterocycles. The smallest absolute Gasteiger partial charge is 0.236 e. The lowest BCUT2D eigenvalue weighted by Gasteiger charge is -2.15. The molecule has 0 saturated carbocycles. The van der Waals surface area contributed by atoms with Crippen LogP contribution in [0.4, 0.5) is 0 Å². The van der Waals surface area contributed by atoms with Gasteiger partial charge in [0.2, 0.25) is 5.91 Å². The number of oxime groups is 1. The van der Waals surface area contributed by atoms with Gasteiger partial charge in [-0.15, -0.1) is 0 Å². The van der Waals surface area contributed by atoms with Crippen molar-refractivity contribution >= 4 is 11.7 Å². The molecule has 6 heteroatoms. The van der Waals surface area contributed by atoms with E-state index in [2.05, 4.69) is 15.8 Å². The Hall–Kier alpha value is -2.08. The summed E-state index contributed by atoms with van der Waals surface area (Å²) in [5, 5.41) is 17.7. The van der Waals surface area contributed by atoms with Gasteiger partial charge < -0.3 is 21.6 Å². The fourth-order valence-corrected chi connectivity index (χ4v) is 1.74. The summed E-state index contributed by atoms with van der Waals surface area (Å²) in [6, 6.07) is 7.02. The maximum Gasteiger partial charge on any atom is 0.236 e. The van der Waals surface area contributed by atoms with Crippen molar-refractivity contribution in [3.8, 4) is 0 Å². The number of carbonyl (C=O) groups is 1. The summed E-state index contributed by atoms with van der Waals surface area (Å²) >= 11 is 0. The van der Waals surface area contributed by atoms with Gasteiger partial charge in [0.15, 0.2) is 5.84 Å². The van der Waals surface area contributed by atoms with E-state index < -0.39 is 0 Å². The van der Waals surface area contributed by atoms with Crippen molar-refractivity contribution in [1.29, 1.82) is 0 Å². The number of carbonyl (C=O) groups excluding carboxylic acids is 1. The van der Waals surface area contributed by atoms with Crippen molar-refractivity contribution in [2.45, 2.75) is 32.9 Å². The van der Waals surface area contributed by atoms with Gasteiger partial charge in [0.25, 0.3) is 0 Å². The molecule has 20 heavy (non-hydrogen) atoms. The van der Waals surface area contributed by atoms with E-state index in [9.17, 15) is 4.79 Å². The maximum absolute atomic E-state index is 11.7. The van der Waals surface area contributed by atoms with Crippen molar-refractivity contribution in [3.05, 3.63) is 35.4 Å². The first-order valence-electron chi connectivity index (χ1n) is 6.67. The Morgan fingerprint density at radius 3 is 2.80 bits per heavy atom. The molecule has 0 spiro atoms. The zero-order valence-corrected chi connectivity index (χ0v) is 11.9. The number of nitrogens with two attached hydrogens (primary N) is 1. The van der Waals surface area contributed by atoms with E-state index in [1.165, 1.54) is 0 Å². The van der Waals surface area contributed by atoms with Gasteiger partial charge in [0, 0.05) is 18.7 Å². The number of amides is 1. The second-order valence-electron chi connectivity index (χ2n) is 4.54. The SMILES string of the molecule is CCCNC(=O)C(C)NCc1ccccc1C(N)=NO. The molecule has 1 rings (SSSR count). The lowest BCUT2D eigenvalue weighted by atomic mass is 10.1. The summed E-state index contributed by atoms with van der Waals surface area (Å²) in [5.74, 6) is 0.0265. The Morgan fingerprint density at radius 2 is 2.15 bits per heavy atom. The Bertz CT molecular complexity index is 474. The van der Waals surface area contributed by atoms with Crippen LogP contribution in [0.5, 0.6) is 0 Å². The molecule has 0 radical (unpaired) electrons. The largest absolute Gasteiger partial charge is 0.409 e. The van der Waals surface area contributed by atoms with E-state index in [-0.39, 0.29) is 17.8 Å². The van der Waals surface area contributed by atoms with Crippen LogP contribution in [0.3, 0.4) is 0 Å². The zero-order chi connectivity index (χ0) is 15.0. The van der Waals surface area contributed by atoms with Crippen LogP contribution in [0.2, 0.25) is 0 Å². The Morgan fingerprint density at radius 1 is 1.45 bits per heavy atom. The molecule has 0 aromatic heterocycles. The predicted octanol–water partition coefficient (Wildman–Crippen LogP) is 0.785. The highest BCUT2D eigenvalue weighted by molar-refractivity contribution is 5.98. The fraction of sp³-hybridized carbons (Fsp3) is 0.429. The quantitative estimate of drug-likeness (QED) is 0.256. The fourth-order valence-electron chi connectivity index (χ4n) is 1.74. The molecule has 1 amide bonds. The minimum Gasteiger partial charge on any atom is -0.409 e. The van der Waals surface area contributed by atoms with E-state index >= 15 is 0 Å². The van der Waals surface area contributed by atoms with Crippen LogP contribution in [-0.2, 0) is 11.3 Å². The summed E-state index contributed by atoms with van der Waals surface area (Å²) in [7, 11) is 0. The summed E-state index contributed by atoms with van der Waals surface area (Å²) in [6.07, 6.45) is 0.908. The number of hydrogen-bond donors (Lipinski definition) is 4. The van der Waals surface area contributed by atoms with Crippen molar-refractivity contribution in [3.63, 3.8) is 0 Å². The van der Waals surface area contributed by atoms with Crippen molar-refractivity contribution in [1.82, 2.24) is 10.6 Å². The zero-order valence-electron chi connectivity index (χ0n) is 11.9. The molecule has 0 saturated heterocycles. The highest BCUT2D eigenvalue weighted by atomic mass is 16.4. The van der Waals surface area contributed by atoms with Crippen LogP contribution >= 0.6 is 0 Å². The first kappa shape index (κ1) is 16.0. The molecule has 6 nitrogen and oxygen atoms in total. The van der Waals surface area contributed by atoms with E-state index in [0.717, 1.165) is 12.0 Å². The van der Waals surface area contributed by atoms with Crippen LogP contribution in [0.15, 0.2) is 29.4 Å². The molecule has 1 atom stereocenters. The first-order valence-corrected chi connectivity index (χ1v) is 6.67. The van der Waals surface area contributed by atoms with E-state index in [0.29, 0.717) is 18.7 Å². The van der Waals surface area contributed by atoms with Crippen LogP contribution in [0.25, 0.3) is 0 Å². The average molecular weight is 278 g/mol. The molecule has 1 aromatic rings. The number of nitrogens with zero attached hydrogens (tertiary/aromatic N) is 1. The summed E-state index contributed by atoms with van der Waals surface area (Å²) in [5.41, 5.74) is 7.15. The molecule has 1 aromatic carbocycles. The highest BCUT2D eigenvalue weighted by Crippen LogP contribution is 2.08. The molecular weight excluding hydrogens is 256 g/mol. The molecule has 0 aliphatic carbocycles. The normalized spacial score (nSPS) is 13.0. The summed E-state index contributed by atoms with van der Waals surface area (Å²) in [6.45, 7) is 4.95. The Kier molecular flexibility index (Phi) is 6.52. The average Bonchev–Trinajstić information content (AvgIpc) is 2.49. The van der Waals surface area contributed by atoms with Crippen LogP contribution < -0.4 is 16.4 Å². The molecule has 0 heterocycles. The molecule has 0 fully saturated rings. The topological polar surface area (TPSA) is 99.7 Å². The third kappa shape index (κ3) is 4.55. The number of amidine groups is 1. The number of hydrogen-bond acceptors (Lipinski definition) is 4. The van der Waals surface area contributed by atoms with Gasteiger partial charge in [-0.25, -0.2) is 0 Å². The van der Waals surface area contributed by atoms with E-state index in [4.69, 9.17) is 10.9 Å². The van der Waals surface area contributed by atoms with Gasteiger partial charge in [-0.1, -0.05) is 36.3 Å². The van der Waals surface area contributed by atoms with Crippen molar-refractivity contribution in [2.75, 3.05) is 6.54 Å². The Labute approximate surface area is 119 Å². The van der Waals surface area contributed by atoms with Gasteiger partial charge in [-0.05, 0) is 18.9 Å². The van der Waals surface area contributed by atoms with Gasteiger partial charge in [0.05, 0.1) is 6.04 Å². The summed E-state index contributed by atoms with van der Waals surface area (Å²) in [4.78, 5) is 11.7. The predicted molar refractivity (Wildman–Crippen MR) is 78.6 cm³/mol. The monoisotopic (exact) mass is 278 g/mol. The first-order chi connectivity index (χ1) is 9.60. The lowest BCUT2D eigenvalue weighted by molar-refractivity contribution is -0.122. The molecule has 110 valence electrons. The lowest BCUT2D eigenvalue weighted by Crippen LogP contribution is -2.42. The number of rotatable bonds is 7. The summed E-state index contributed by atoms with van der Waals surface area (Å²) < 4.78 is 0. The third-order valence-electron chi connectivity index (χ3n) is 2.94. The molecule has 0 bridgehead atoms. The van der Waals surface area contributed by atoms with Crippen LogP contribution in [0.1, 0.15) is 31.4 Å². The maximum atomic E-state index is 11.7. The standard InChI is InChI=1S/C14H22N4O2/c1-3-8-16-14(19)10(2)17-9-11-6-4-5-7-12(11)13(15)18-20/h4-7,10,17,20H,3,8-9H2,1-2H3,(H2,15,18)(H,16,19). The van der Waals surface area contributed by atoms with Crippen molar-refractivity contribution in [2.24, 2.45) is 10.9 Å². The van der Waals surface area contributed by atoms with Gasteiger partial charge in [0.1, 0.15) is 0 Å². The highest BCUT2D eigenvalue weighted by Gasteiger charge is 2.12. The van der Waals surface area contributed by atoms with Crippen LogP contribution in [0, 0.1) is 0 Å².